The molecule has 1 aromatic carbocycles. The normalized spacial score (nSPS) is 31.0. The first-order chi connectivity index (χ1) is 9.78. The molecule has 2 heterocycles. The average Bonchev–Trinajstić information content (AvgIpc) is 2.50. The van der Waals surface area contributed by atoms with Crippen LogP contribution < -0.4 is 0 Å². The van der Waals surface area contributed by atoms with E-state index in [4.69, 9.17) is 21.1 Å². The number of hydrogen-bond acceptors (Lipinski definition) is 3. The van der Waals surface area contributed by atoms with Crippen LogP contribution in [0.3, 0.4) is 0 Å². The van der Waals surface area contributed by atoms with Gasteiger partial charge in [0, 0.05) is 25.0 Å². The third-order valence-corrected chi connectivity index (χ3v) is 4.64. The van der Waals surface area contributed by atoms with Crippen molar-refractivity contribution in [1.29, 1.82) is 0 Å². The zero-order chi connectivity index (χ0) is 13.9. The Kier molecular flexibility index (Phi) is 4.61. The van der Waals surface area contributed by atoms with Gasteiger partial charge in [-0.05, 0) is 24.5 Å². The number of morpholine rings is 1. The van der Waals surface area contributed by atoms with Crippen LogP contribution in [0, 0.1) is 0 Å². The largest absolute Gasteiger partial charge is 0.374 e. The lowest BCUT2D eigenvalue weighted by atomic mass is 9.97. The molecule has 0 spiro atoms. The third kappa shape index (κ3) is 3.01. The van der Waals surface area contributed by atoms with Crippen molar-refractivity contribution in [2.24, 2.45) is 0 Å². The van der Waals surface area contributed by atoms with E-state index in [0.717, 1.165) is 32.7 Å². The van der Waals surface area contributed by atoms with Gasteiger partial charge in [-0.25, -0.2) is 0 Å². The Morgan fingerprint density at radius 3 is 3.00 bits per heavy atom. The maximum atomic E-state index is 6.01. The van der Waals surface area contributed by atoms with Gasteiger partial charge in [-0.3, -0.25) is 4.90 Å². The van der Waals surface area contributed by atoms with E-state index < -0.39 is 0 Å². The number of hydrogen-bond donors (Lipinski definition) is 0. The molecule has 0 amide bonds. The fourth-order valence-electron chi connectivity index (χ4n) is 3.06. The number of nitrogens with zero attached hydrogens (tertiary/aromatic N) is 1. The molecule has 0 radical (unpaired) electrons. The molecule has 0 saturated carbocycles. The van der Waals surface area contributed by atoms with E-state index in [1.54, 1.807) is 0 Å². The van der Waals surface area contributed by atoms with Crippen LogP contribution in [0.2, 0.25) is 0 Å². The molecule has 3 unspecified atom stereocenters. The molecular formula is C16H22ClNO2. The molecule has 1 fully saturated rings. The second-order valence-electron chi connectivity index (χ2n) is 5.72. The minimum Gasteiger partial charge on any atom is -0.374 e. The van der Waals surface area contributed by atoms with Gasteiger partial charge < -0.3 is 9.47 Å². The molecule has 0 N–H and O–H groups in total. The first-order valence-corrected chi connectivity index (χ1v) is 7.92. The predicted molar refractivity (Wildman–Crippen MR) is 80.3 cm³/mol. The molecule has 0 bridgehead atoms. The Hall–Kier alpha value is -0.610. The van der Waals surface area contributed by atoms with Gasteiger partial charge in [0.15, 0.2) is 0 Å². The summed E-state index contributed by atoms with van der Waals surface area (Å²) in [7, 11) is 0. The van der Waals surface area contributed by atoms with Crippen molar-refractivity contribution in [3.63, 3.8) is 0 Å². The Bertz CT molecular complexity index is 454. The smallest absolute Gasteiger partial charge is 0.0954 e. The maximum absolute atomic E-state index is 6.01. The monoisotopic (exact) mass is 295 g/mol. The van der Waals surface area contributed by atoms with E-state index in [1.807, 2.05) is 0 Å². The molecule has 0 aromatic heterocycles. The number of benzene rings is 1. The molecule has 2 aliphatic heterocycles. The molecule has 4 heteroatoms. The van der Waals surface area contributed by atoms with Gasteiger partial charge in [0.2, 0.25) is 0 Å². The van der Waals surface area contributed by atoms with Gasteiger partial charge in [-0.15, -0.1) is 11.6 Å². The molecule has 3 rings (SSSR count). The van der Waals surface area contributed by atoms with Crippen molar-refractivity contribution in [2.75, 3.05) is 32.2 Å². The van der Waals surface area contributed by atoms with E-state index in [-0.39, 0.29) is 12.2 Å². The van der Waals surface area contributed by atoms with Crippen LogP contribution in [-0.4, -0.2) is 49.2 Å². The van der Waals surface area contributed by atoms with Crippen LogP contribution in [0.25, 0.3) is 0 Å². The third-order valence-electron chi connectivity index (χ3n) is 4.30. The minimum atomic E-state index is 0.145. The highest BCUT2D eigenvalue weighted by atomic mass is 35.5. The number of fused-ring (bicyclic) bond motifs is 1. The number of halogens is 1. The number of ether oxygens (including phenoxy) is 2. The summed E-state index contributed by atoms with van der Waals surface area (Å²) < 4.78 is 11.7. The molecule has 1 aromatic rings. The van der Waals surface area contributed by atoms with Gasteiger partial charge >= 0.3 is 0 Å². The van der Waals surface area contributed by atoms with Crippen molar-refractivity contribution < 1.29 is 9.47 Å². The Morgan fingerprint density at radius 1 is 1.30 bits per heavy atom. The number of alkyl halides is 1. The maximum Gasteiger partial charge on any atom is 0.0954 e. The van der Waals surface area contributed by atoms with Crippen LogP contribution in [0.4, 0.5) is 0 Å². The topological polar surface area (TPSA) is 21.7 Å². The molecule has 3 atom stereocenters. The Labute approximate surface area is 125 Å². The zero-order valence-corrected chi connectivity index (χ0v) is 12.7. The summed E-state index contributed by atoms with van der Waals surface area (Å²) in [4.78, 5) is 2.45. The van der Waals surface area contributed by atoms with Crippen LogP contribution in [0.15, 0.2) is 24.3 Å². The Balaban J connectivity index is 1.71. The Morgan fingerprint density at radius 2 is 2.15 bits per heavy atom. The molecule has 20 heavy (non-hydrogen) atoms. The molecule has 3 nitrogen and oxygen atoms in total. The van der Waals surface area contributed by atoms with Crippen molar-refractivity contribution >= 4 is 11.6 Å². The van der Waals surface area contributed by atoms with Crippen LogP contribution in [-0.2, 0) is 15.9 Å². The molecular weight excluding hydrogens is 274 g/mol. The van der Waals surface area contributed by atoms with Gasteiger partial charge in [0.05, 0.1) is 25.4 Å². The molecule has 2 aliphatic rings. The summed E-state index contributed by atoms with van der Waals surface area (Å²) in [5.41, 5.74) is 2.78. The predicted octanol–water partition coefficient (Wildman–Crippen LogP) is 2.63. The summed E-state index contributed by atoms with van der Waals surface area (Å²) in [6, 6.07) is 9.05. The van der Waals surface area contributed by atoms with Crippen molar-refractivity contribution in [3.05, 3.63) is 35.4 Å². The molecule has 110 valence electrons. The zero-order valence-electron chi connectivity index (χ0n) is 11.9. The van der Waals surface area contributed by atoms with Crippen LogP contribution >= 0.6 is 11.6 Å². The van der Waals surface area contributed by atoms with E-state index in [0.29, 0.717) is 11.9 Å². The quantitative estimate of drug-likeness (QED) is 0.800. The fourth-order valence-corrected chi connectivity index (χ4v) is 3.25. The van der Waals surface area contributed by atoms with E-state index >= 15 is 0 Å². The lowest BCUT2D eigenvalue weighted by molar-refractivity contribution is -0.0721. The fraction of sp³-hybridized carbons (Fsp3) is 0.625. The minimum absolute atomic E-state index is 0.145. The van der Waals surface area contributed by atoms with Gasteiger partial charge in [-0.1, -0.05) is 24.3 Å². The molecule has 1 saturated heterocycles. The summed E-state index contributed by atoms with van der Waals surface area (Å²) in [6.45, 7) is 5.60. The summed E-state index contributed by atoms with van der Waals surface area (Å²) in [6.07, 6.45) is 1.35. The van der Waals surface area contributed by atoms with Gasteiger partial charge in [-0.2, -0.15) is 0 Å². The average molecular weight is 296 g/mol. The van der Waals surface area contributed by atoms with E-state index in [2.05, 4.69) is 36.1 Å². The standard InChI is InChI=1S/C16H22ClNO2/c1-12-11-20-14(8-17)9-18(12)10-16-15-5-3-2-4-13(15)6-7-19-16/h2-5,12,14,16H,6-11H2,1H3. The summed E-state index contributed by atoms with van der Waals surface area (Å²) in [5.74, 6) is 0.561. The second-order valence-corrected chi connectivity index (χ2v) is 6.03. The first kappa shape index (κ1) is 14.3. The highest BCUT2D eigenvalue weighted by Gasteiger charge is 2.30. The van der Waals surface area contributed by atoms with E-state index in [9.17, 15) is 0 Å². The van der Waals surface area contributed by atoms with Gasteiger partial charge in [0.1, 0.15) is 0 Å². The van der Waals surface area contributed by atoms with Crippen LogP contribution in [0.5, 0.6) is 0 Å². The lowest BCUT2D eigenvalue weighted by Crippen LogP contribution is -2.50. The van der Waals surface area contributed by atoms with E-state index in [1.165, 1.54) is 11.1 Å². The first-order valence-electron chi connectivity index (χ1n) is 7.39. The van der Waals surface area contributed by atoms with Gasteiger partial charge in [0.25, 0.3) is 0 Å². The van der Waals surface area contributed by atoms with Crippen molar-refractivity contribution in [3.8, 4) is 0 Å². The summed E-state index contributed by atoms with van der Waals surface area (Å²) >= 11 is 5.93. The summed E-state index contributed by atoms with van der Waals surface area (Å²) in [5, 5.41) is 0. The van der Waals surface area contributed by atoms with Crippen molar-refractivity contribution in [2.45, 2.75) is 31.6 Å². The lowest BCUT2D eigenvalue weighted by Gasteiger charge is -2.40. The SMILES string of the molecule is CC1COC(CCl)CN1CC1OCCc2ccccc21. The van der Waals surface area contributed by atoms with Crippen molar-refractivity contribution in [1.82, 2.24) is 4.90 Å². The second kappa shape index (κ2) is 6.44. The molecule has 0 aliphatic carbocycles. The van der Waals surface area contributed by atoms with Crippen LogP contribution in [0.1, 0.15) is 24.2 Å². The highest BCUT2D eigenvalue weighted by molar-refractivity contribution is 6.18. The highest BCUT2D eigenvalue weighted by Crippen LogP contribution is 2.29. The number of rotatable bonds is 3.